The predicted molar refractivity (Wildman–Crippen MR) is 80.6 cm³/mol. The second-order valence-corrected chi connectivity index (χ2v) is 6.47. The first kappa shape index (κ1) is 17.2. The number of sulfonamides is 1. The minimum atomic E-state index is -3.87. The fourth-order valence-corrected chi connectivity index (χ4v) is 3.52. The number of hydrogen-bond acceptors (Lipinski definition) is 4. The van der Waals surface area contributed by atoms with Crippen LogP contribution < -0.4 is 11.5 Å². The van der Waals surface area contributed by atoms with E-state index < -0.39 is 22.0 Å². The van der Waals surface area contributed by atoms with Gasteiger partial charge in [0.25, 0.3) is 0 Å². The summed E-state index contributed by atoms with van der Waals surface area (Å²) in [5.41, 5.74) is 10.8. The van der Waals surface area contributed by atoms with E-state index in [1.807, 2.05) is 0 Å². The standard InChI is InChI=1S/C14H19N3O3S/c1-11(2)17(10-14(16)18)21(19,20)13-8-4-3-6-12(13)7-5-9-15/h3-4,6,8,11H,9-10,15H2,1-2H3,(H2,16,18). The Morgan fingerprint density at radius 1 is 1.33 bits per heavy atom. The van der Waals surface area contributed by atoms with Gasteiger partial charge in [0.15, 0.2) is 0 Å². The minimum absolute atomic E-state index is 0.0425. The molecular formula is C14H19N3O3S. The molecule has 0 heterocycles. The van der Waals surface area contributed by atoms with Crippen LogP contribution in [0.15, 0.2) is 29.2 Å². The average molecular weight is 309 g/mol. The van der Waals surface area contributed by atoms with Gasteiger partial charge in [-0.2, -0.15) is 4.31 Å². The van der Waals surface area contributed by atoms with Crippen LogP contribution in [-0.2, 0) is 14.8 Å². The molecule has 1 amide bonds. The summed E-state index contributed by atoms with van der Waals surface area (Å²) >= 11 is 0. The van der Waals surface area contributed by atoms with Gasteiger partial charge in [-0.05, 0) is 26.0 Å². The molecular weight excluding hydrogens is 290 g/mol. The smallest absolute Gasteiger partial charge is 0.245 e. The van der Waals surface area contributed by atoms with Crippen LogP contribution in [0.5, 0.6) is 0 Å². The Morgan fingerprint density at radius 2 is 1.95 bits per heavy atom. The average Bonchev–Trinajstić information content (AvgIpc) is 2.42. The van der Waals surface area contributed by atoms with Crippen molar-refractivity contribution in [1.29, 1.82) is 0 Å². The first-order valence-corrected chi connectivity index (χ1v) is 7.82. The SMILES string of the molecule is CC(C)N(CC(N)=O)S(=O)(=O)c1ccccc1C#CCN. The molecule has 21 heavy (non-hydrogen) atoms. The number of carbonyl (C=O) groups excluding carboxylic acids is 1. The van der Waals surface area contributed by atoms with Gasteiger partial charge in [-0.15, -0.1) is 0 Å². The van der Waals surface area contributed by atoms with Crippen LogP contribution in [0.2, 0.25) is 0 Å². The van der Waals surface area contributed by atoms with Crippen molar-refractivity contribution in [2.75, 3.05) is 13.1 Å². The van der Waals surface area contributed by atoms with Crippen molar-refractivity contribution in [3.05, 3.63) is 29.8 Å². The summed E-state index contributed by atoms with van der Waals surface area (Å²) in [6.45, 7) is 3.10. The fourth-order valence-electron chi connectivity index (χ4n) is 1.77. The highest BCUT2D eigenvalue weighted by Gasteiger charge is 2.29. The van der Waals surface area contributed by atoms with E-state index in [1.54, 1.807) is 32.0 Å². The summed E-state index contributed by atoms with van der Waals surface area (Å²) in [4.78, 5) is 11.2. The van der Waals surface area contributed by atoms with Gasteiger partial charge in [0.05, 0.1) is 18.0 Å². The molecule has 6 nitrogen and oxygen atoms in total. The lowest BCUT2D eigenvalue weighted by Gasteiger charge is -2.25. The van der Waals surface area contributed by atoms with Gasteiger partial charge >= 0.3 is 0 Å². The van der Waals surface area contributed by atoms with Gasteiger partial charge in [0.2, 0.25) is 15.9 Å². The zero-order valence-corrected chi connectivity index (χ0v) is 12.9. The van der Waals surface area contributed by atoms with Crippen LogP contribution in [0.3, 0.4) is 0 Å². The van der Waals surface area contributed by atoms with Crippen LogP contribution in [-0.4, -0.2) is 37.8 Å². The molecule has 0 aromatic heterocycles. The Kier molecular flexibility index (Phi) is 5.90. The topological polar surface area (TPSA) is 106 Å². The van der Waals surface area contributed by atoms with E-state index in [1.165, 1.54) is 6.07 Å². The van der Waals surface area contributed by atoms with Gasteiger partial charge in [0.1, 0.15) is 0 Å². The summed E-state index contributed by atoms with van der Waals surface area (Å²) in [6, 6.07) is 5.93. The fraction of sp³-hybridized carbons (Fsp3) is 0.357. The normalized spacial score (nSPS) is 11.3. The molecule has 0 unspecified atom stereocenters. The number of benzene rings is 1. The quantitative estimate of drug-likeness (QED) is 0.739. The van der Waals surface area contributed by atoms with Gasteiger partial charge in [-0.25, -0.2) is 8.42 Å². The Labute approximate surface area is 125 Å². The molecule has 0 spiro atoms. The highest BCUT2D eigenvalue weighted by Crippen LogP contribution is 2.21. The van der Waals surface area contributed by atoms with Crippen molar-refractivity contribution < 1.29 is 13.2 Å². The van der Waals surface area contributed by atoms with E-state index in [0.29, 0.717) is 5.56 Å². The highest BCUT2D eigenvalue weighted by molar-refractivity contribution is 7.89. The van der Waals surface area contributed by atoms with Gasteiger partial charge in [-0.1, -0.05) is 24.0 Å². The van der Waals surface area contributed by atoms with Crippen LogP contribution in [0, 0.1) is 11.8 Å². The zero-order chi connectivity index (χ0) is 16.0. The molecule has 0 saturated carbocycles. The van der Waals surface area contributed by atoms with Crippen molar-refractivity contribution >= 4 is 15.9 Å². The third kappa shape index (κ3) is 4.29. The largest absolute Gasteiger partial charge is 0.369 e. The van der Waals surface area contributed by atoms with Crippen molar-refractivity contribution in [1.82, 2.24) is 4.31 Å². The maximum absolute atomic E-state index is 12.7. The van der Waals surface area contributed by atoms with Crippen molar-refractivity contribution in [2.45, 2.75) is 24.8 Å². The monoisotopic (exact) mass is 309 g/mol. The third-order valence-electron chi connectivity index (χ3n) is 2.69. The third-order valence-corrected chi connectivity index (χ3v) is 4.77. The van der Waals surface area contributed by atoms with E-state index in [4.69, 9.17) is 11.5 Å². The first-order chi connectivity index (χ1) is 9.80. The number of nitrogens with two attached hydrogens (primary N) is 2. The van der Waals surface area contributed by atoms with E-state index in [9.17, 15) is 13.2 Å². The van der Waals surface area contributed by atoms with Crippen molar-refractivity contribution in [2.24, 2.45) is 11.5 Å². The van der Waals surface area contributed by atoms with Gasteiger partial charge < -0.3 is 11.5 Å². The van der Waals surface area contributed by atoms with Gasteiger partial charge in [-0.3, -0.25) is 4.79 Å². The lowest BCUT2D eigenvalue weighted by atomic mass is 10.2. The Bertz CT molecular complexity index is 672. The Morgan fingerprint density at radius 3 is 2.48 bits per heavy atom. The first-order valence-electron chi connectivity index (χ1n) is 6.38. The summed E-state index contributed by atoms with van der Waals surface area (Å²) in [5.74, 6) is 4.65. The van der Waals surface area contributed by atoms with Crippen LogP contribution in [0.1, 0.15) is 19.4 Å². The molecule has 4 N–H and O–H groups in total. The summed E-state index contributed by atoms with van der Waals surface area (Å²) in [7, 11) is -3.87. The van der Waals surface area contributed by atoms with E-state index in [0.717, 1.165) is 4.31 Å². The number of primary amides is 1. The van der Waals surface area contributed by atoms with Gasteiger partial charge in [0, 0.05) is 11.6 Å². The van der Waals surface area contributed by atoms with Crippen molar-refractivity contribution in [3.8, 4) is 11.8 Å². The summed E-state index contributed by atoms with van der Waals surface area (Å²) in [6.07, 6.45) is 0. The maximum atomic E-state index is 12.7. The Hall–Kier alpha value is -1.88. The van der Waals surface area contributed by atoms with E-state index >= 15 is 0 Å². The molecule has 0 aliphatic rings. The lowest BCUT2D eigenvalue weighted by Crippen LogP contribution is -2.42. The molecule has 0 radical (unpaired) electrons. The van der Waals surface area contributed by atoms with Crippen LogP contribution in [0.25, 0.3) is 0 Å². The molecule has 0 aliphatic heterocycles. The number of amides is 1. The lowest BCUT2D eigenvalue weighted by molar-refractivity contribution is -0.118. The summed E-state index contributed by atoms with van der Waals surface area (Å²) < 4.78 is 26.5. The van der Waals surface area contributed by atoms with E-state index in [-0.39, 0.29) is 18.0 Å². The molecule has 0 bridgehead atoms. The molecule has 1 aromatic rings. The molecule has 114 valence electrons. The molecule has 1 aromatic carbocycles. The number of carbonyl (C=O) groups is 1. The number of nitrogens with zero attached hydrogens (tertiary/aromatic N) is 1. The molecule has 0 saturated heterocycles. The Balaban J connectivity index is 3.38. The van der Waals surface area contributed by atoms with Crippen molar-refractivity contribution in [3.63, 3.8) is 0 Å². The zero-order valence-electron chi connectivity index (χ0n) is 12.0. The van der Waals surface area contributed by atoms with Crippen LogP contribution in [0.4, 0.5) is 0 Å². The number of rotatable bonds is 5. The predicted octanol–water partition coefficient (Wildman–Crippen LogP) is -0.119. The molecule has 0 fully saturated rings. The molecule has 1 rings (SSSR count). The molecule has 0 aliphatic carbocycles. The summed E-state index contributed by atoms with van der Waals surface area (Å²) in [5, 5.41) is 0. The second-order valence-electron chi connectivity index (χ2n) is 4.61. The second kappa shape index (κ2) is 7.22. The maximum Gasteiger partial charge on any atom is 0.245 e. The minimum Gasteiger partial charge on any atom is -0.369 e. The number of hydrogen-bond donors (Lipinski definition) is 2. The van der Waals surface area contributed by atoms with E-state index in [2.05, 4.69) is 11.8 Å². The van der Waals surface area contributed by atoms with Crippen LogP contribution >= 0.6 is 0 Å². The molecule has 0 atom stereocenters. The highest BCUT2D eigenvalue weighted by atomic mass is 32.2. The molecule has 7 heteroatoms.